The summed E-state index contributed by atoms with van der Waals surface area (Å²) in [5, 5.41) is 120. The molecule has 0 aliphatic carbocycles. The summed E-state index contributed by atoms with van der Waals surface area (Å²) in [6, 6.07) is -1.00. The maximum Gasteiger partial charge on any atom is 0.220 e. The van der Waals surface area contributed by atoms with Crippen molar-refractivity contribution in [3.8, 4) is 0 Å². The van der Waals surface area contributed by atoms with E-state index in [2.05, 4.69) is 55.6 Å². The Balaban J connectivity index is 1.44. The highest BCUT2D eigenvalue weighted by Crippen LogP contribution is 2.33. The van der Waals surface area contributed by atoms with E-state index >= 15 is 0 Å². The van der Waals surface area contributed by atoms with E-state index < -0.39 is 124 Å². The van der Waals surface area contributed by atoms with Crippen LogP contribution in [0.25, 0.3) is 0 Å². The first-order chi connectivity index (χ1) is 42.3. The van der Waals surface area contributed by atoms with Gasteiger partial charge in [0.1, 0.15) is 73.2 Å². The van der Waals surface area contributed by atoms with E-state index in [0.29, 0.717) is 12.8 Å². The fourth-order valence-electron chi connectivity index (χ4n) is 11.5. The molecule has 1 amide bonds. The number of nitrogens with one attached hydrogen (secondary N) is 1. The van der Waals surface area contributed by atoms with Gasteiger partial charge >= 0.3 is 0 Å². The lowest BCUT2D eigenvalue weighted by Crippen LogP contribution is -2.66. The van der Waals surface area contributed by atoms with Crippen molar-refractivity contribution in [2.24, 2.45) is 0 Å². The number of hydrogen-bond acceptors (Lipinski definition) is 18. The van der Waals surface area contributed by atoms with Crippen LogP contribution in [0.5, 0.6) is 0 Å². The monoisotopic (exact) mass is 1240 g/mol. The molecule has 3 rings (SSSR count). The molecule has 3 saturated heterocycles. The van der Waals surface area contributed by atoms with Crippen LogP contribution in [0, 0.1) is 0 Å². The summed E-state index contributed by atoms with van der Waals surface area (Å²) >= 11 is 0. The summed E-state index contributed by atoms with van der Waals surface area (Å²) in [6.45, 7) is 1.69. The number of aliphatic hydroxyl groups is 11. The van der Waals surface area contributed by atoms with Gasteiger partial charge in [0.2, 0.25) is 5.91 Å². The van der Waals surface area contributed by atoms with Gasteiger partial charge in [-0.25, -0.2) is 0 Å². The zero-order valence-corrected chi connectivity index (χ0v) is 53.5. The van der Waals surface area contributed by atoms with Crippen molar-refractivity contribution >= 4 is 5.91 Å². The summed E-state index contributed by atoms with van der Waals surface area (Å²) in [5.74, 6) is -0.299. The molecule has 0 aromatic carbocycles. The van der Waals surface area contributed by atoms with Gasteiger partial charge < -0.3 is 89.9 Å². The standard InChI is InChI=1S/C68H123NO18/c1-3-5-7-9-11-13-15-17-19-20-21-22-23-24-25-26-27-28-29-30-31-32-33-35-37-39-41-43-45-52(73)51(69-56(74)46-44-42-40-38-36-34-18-16-14-12-10-8-6-4-2)50-82-66-62(80)59(77)64(54(48-71)84-66)87-68-63(81)60(78)65(55(49-72)85-68)86-67-61(79)58(76)57(75)53(47-70)83-67/h16,18,30-31,35,37,43,45,51-55,57-68,70-73,75-81H,3-15,17,19-29,32-34,36,38-42,44,46-50H2,1-2H3,(H,69,74)/b18-16-,31-30+,37-35+,45-43+. The first-order valence-electron chi connectivity index (χ1n) is 34.4. The predicted molar refractivity (Wildman–Crippen MR) is 337 cm³/mol. The van der Waals surface area contributed by atoms with Crippen molar-refractivity contribution in [2.75, 3.05) is 26.4 Å². The van der Waals surface area contributed by atoms with Gasteiger partial charge in [-0.05, 0) is 70.6 Å². The largest absolute Gasteiger partial charge is 0.394 e. The summed E-state index contributed by atoms with van der Waals surface area (Å²) < 4.78 is 34.3. The van der Waals surface area contributed by atoms with Crippen LogP contribution in [-0.2, 0) is 33.2 Å². The molecule has 3 fully saturated rings. The van der Waals surface area contributed by atoms with E-state index in [0.717, 1.165) is 64.2 Å². The van der Waals surface area contributed by atoms with Crippen molar-refractivity contribution in [1.82, 2.24) is 5.32 Å². The topological polar surface area (TPSA) is 307 Å². The number of aliphatic hydroxyl groups excluding tert-OH is 11. The summed E-state index contributed by atoms with van der Waals surface area (Å²) in [5.41, 5.74) is 0. The van der Waals surface area contributed by atoms with E-state index in [1.165, 1.54) is 148 Å². The average Bonchev–Trinajstić information content (AvgIpc) is 2.96. The molecule has 0 radical (unpaired) electrons. The van der Waals surface area contributed by atoms with Gasteiger partial charge in [0.15, 0.2) is 18.9 Å². The summed E-state index contributed by atoms with van der Waals surface area (Å²) in [7, 11) is 0. The van der Waals surface area contributed by atoms with Crippen LogP contribution in [0.15, 0.2) is 48.6 Å². The van der Waals surface area contributed by atoms with Crippen LogP contribution in [0.3, 0.4) is 0 Å². The Morgan fingerprint density at radius 2 is 0.736 bits per heavy atom. The SMILES string of the molecule is CCCCCCC/C=C\CCCCCCCC(=O)NC(COC1OC(CO)C(OC2OC(CO)C(OC3OC(CO)C(O)C(O)C3O)C(O)C2O)C(O)C1O)C(O)/C=C/CC/C=C/CC/C=C/CCCCCCCCCCCCCCCCCCCC. The summed E-state index contributed by atoms with van der Waals surface area (Å²) in [4.78, 5) is 13.3. The Bertz CT molecular complexity index is 1770. The van der Waals surface area contributed by atoms with E-state index in [1.54, 1.807) is 6.08 Å². The third-order valence-corrected chi connectivity index (χ3v) is 17.1. The number of allylic oxidation sites excluding steroid dienone is 7. The van der Waals surface area contributed by atoms with Crippen LogP contribution in [0.2, 0.25) is 0 Å². The maximum absolute atomic E-state index is 13.3. The van der Waals surface area contributed by atoms with Crippen molar-refractivity contribution in [1.29, 1.82) is 0 Å². The minimum atomic E-state index is -1.98. The van der Waals surface area contributed by atoms with E-state index in [9.17, 15) is 61.0 Å². The number of unbranched alkanes of at least 4 members (excludes halogenated alkanes) is 30. The maximum atomic E-state index is 13.3. The number of carbonyl (C=O) groups is 1. The predicted octanol–water partition coefficient (Wildman–Crippen LogP) is 8.61. The highest BCUT2D eigenvalue weighted by atomic mass is 16.8. The fraction of sp³-hybridized carbons (Fsp3) is 0.868. The Morgan fingerprint density at radius 3 is 1.15 bits per heavy atom. The van der Waals surface area contributed by atoms with Gasteiger partial charge in [-0.2, -0.15) is 0 Å². The van der Waals surface area contributed by atoms with Gasteiger partial charge in [0.05, 0.1) is 38.6 Å². The Hall–Kier alpha value is -2.25. The molecular formula is C68H123NO18. The van der Waals surface area contributed by atoms with Crippen LogP contribution in [0.4, 0.5) is 0 Å². The van der Waals surface area contributed by atoms with Crippen LogP contribution in [-0.4, -0.2) is 193 Å². The quantitative estimate of drug-likeness (QED) is 0.0200. The molecule has 3 aliphatic heterocycles. The van der Waals surface area contributed by atoms with Gasteiger partial charge in [-0.3, -0.25) is 4.79 Å². The van der Waals surface area contributed by atoms with Gasteiger partial charge in [-0.15, -0.1) is 0 Å². The molecule has 0 spiro atoms. The minimum Gasteiger partial charge on any atom is -0.394 e. The molecule has 0 bridgehead atoms. The molecule has 0 aromatic heterocycles. The number of rotatable bonds is 52. The lowest BCUT2D eigenvalue weighted by molar-refractivity contribution is -0.379. The highest BCUT2D eigenvalue weighted by molar-refractivity contribution is 5.76. The van der Waals surface area contributed by atoms with Gasteiger partial charge in [0, 0.05) is 6.42 Å². The first kappa shape index (κ1) is 79.0. The molecular weight excluding hydrogens is 1120 g/mol. The second-order valence-corrected chi connectivity index (χ2v) is 24.6. The van der Waals surface area contributed by atoms with E-state index in [4.69, 9.17) is 28.4 Å². The van der Waals surface area contributed by atoms with Crippen molar-refractivity contribution < 1.29 is 89.4 Å². The minimum absolute atomic E-state index is 0.221. The Kier molecular flexibility index (Phi) is 45.7. The lowest BCUT2D eigenvalue weighted by atomic mass is 9.96. The third kappa shape index (κ3) is 32.7. The lowest BCUT2D eigenvalue weighted by Gasteiger charge is -2.48. The van der Waals surface area contributed by atoms with Crippen molar-refractivity contribution in [3.05, 3.63) is 48.6 Å². The van der Waals surface area contributed by atoms with Crippen LogP contribution >= 0.6 is 0 Å². The molecule has 0 saturated carbocycles. The third-order valence-electron chi connectivity index (χ3n) is 17.1. The van der Waals surface area contributed by atoms with Gasteiger partial charge in [0.25, 0.3) is 0 Å². The number of amides is 1. The smallest absolute Gasteiger partial charge is 0.220 e. The van der Waals surface area contributed by atoms with Crippen LogP contribution < -0.4 is 5.32 Å². The molecule has 508 valence electrons. The second-order valence-electron chi connectivity index (χ2n) is 24.6. The highest BCUT2D eigenvalue weighted by Gasteiger charge is 2.53. The number of ether oxygens (including phenoxy) is 6. The molecule has 3 heterocycles. The molecule has 12 N–H and O–H groups in total. The zero-order chi connectivity index (χ0) is 63.3. The normalized spacial score (nSPS) is 28.9. The molecule has 17 atom stereocenters. The molecule has 19 heteroatoms. The molecule has 87 heavy (non-hydrogen) atoms. The fourth-order valence-corrected chi connectivity index (χ4v) is 11.5. The van der Waals surface area contributed by atoms with Crippen molar-refractivity contribution in [2.45, 2.75) is 349 Å². The molecule has 19 nitrogen and oxygen atoms in total. The summed E-state index contributed by atoms with van der Waals surface area (Å²) in [6.07, 6.45) is 32.5. The zero-order valence-electron chi connectivity index (χ0n) is 53.5. The first-order valence-corrected chi connectivity index (χ1v) is 34.4. The number of hydrogen-bond donors (Lipinski definition) is 12. The Labute approximate surface area is 523 Å². The van der Waals surface area contributed by atoms with Gasteiger partial charge in [-0.1, -0.05) is 217 Å². The Morgan fingerprint density at radius 1 is 0.402 bits per heavy atom. The second kappa shape index (κ2) is 50.3. The average molecular weight is 1240 g/mol. The molecule has 17 unspecified atom stereocenters. The molecule has 3 aliphatic rings. The molecule has 0 aromatic rings. The van der Waals surface area contributed by atoms with Crippen molar-refractivity contribution in [3.63, 3.8) is 0 Å². The van der Waals surface area contributed by atoms with E-state index in [1.807, 2.05) is 6.08 Å². The number of carbonyl (C=O) groups excluding carboxylic acids is 1. The van der Waals surface area contributed by atoms with Crippen LogP contribution in [0.1, 0.15) is 245 Å². The van der Waals surface area contributed by atoms with E-state index in [-0.39, 0.29) is 18.9 Å².